The van der Waals surface area contributed by atoms with E-state index in [1.165, 1.54) is 4.90 Å². The summed E-state index contributed by atoms with van der Waals surface area (Å²) in [5.41, 5.74) is 1.08. The molecule has 0 saturated carbocycles. The van der Waals surface area contributed by atoms with Crippen molar-refractivity contribution >= 4 is 17.8 Å². The minimum Gasteiger partial charge on any atom is -0.433 e. The molecule has 0 aromatic heterocycles. The summed E-state index contributed by atoms with van der Waals surface area (Å²) in [4.78, 5) is 38.1. The highest BCUT2D eigenvalue weighted by atomic mass is 16.6. The molecule has 0 spiro atoms. The van der Waals surface area contributed by atoms with Gasteiger partial charge < -0.3 is 14.8 Å². The maximum atomic E-state index is 12.4. The van der Waals surface area contributed by atoms with E-state index in [4.69, 9.17) is 9.47 Å². The minimum atomic E-state index is -0.821. The lowest BCUT2D eigenvalue weighted by molar-refractivity contribution is -0.145. The first-order valence-corrected chi connectivity index (χ1v) is 8.01. The van der Waals surface area contributed by atoms with Gasteiger partial charge in [-0.25, -0.2) is 4.79 Å². The van der Waals surface area contributed by atoms with Crippen LogP contribution in [0.2, 0.25) is 0 Å². The Morgan fingerprint density at radius 2 is 2.17 bits per heavy atom. The maximum Gasteiger partial charge on any atom is 0.340 e. The van der Waals surface area contributed by atoms with Gasteiger partial charge in [0.2, 0.25) is 18.0 Å². The molecule has 1 saturated heterocycles. The number of ether oxygens (including phenoxy) is 2. The Labute approximate surface area is 139 Å². The lowest BCUT2D eigenvalue weighted by Gasteiger charge is -2.29. The zero-order valence-corrected chi connectivity index (χ0v) is 13.5. The molecule has 128 valence electrons. The van der Waals surface area contributed by atoms with Gasteiger partial charge in [-0.05, 0) is 18.9 Å². The topological polar surface area (TPSA) is 84.9 Å². The van der Waals surface area contributed by atoms with Crippen LogP contribution in [0.5, 0.6) is 0 Å². The molecular formula is C17H20N2O5. The van der Waals surface area contributed by atoms with Crippen molar-refractivity contribution in [2.24, 2.45) is 0 Å². The van der Waals surface area contributed by atoms with Crippen LogP contribution in [0, 0.1) is 0 Å². The molecule has 1 aromatic carbocycles. The fourth-order valence-electron chi connectivity index (χ4n) is 3.13. The molecule has 1 fully saturated rings. The molecule has 2 heterocycles. The Balaban J connectivity index is 1.75. The molecule has 1 aromatic rings. The Bertz CT molecular complexity index is 660. The van der Waals surface area contributed by atoms with Gasteiger partial charge in [-0.1, -0.05) is 18.2 Å². The van der Waals surface area contributed by atoms with Crippen LogP contribution < -0.4 is 5.32 Å². The van der Waals surface area contributed by atoms with Crippen molar-refractivity contribution in [3.05, 3.63) is 35.4 Å². The van der Waals surface area contributed by atoms with Gasteiger partial charge in [-0.2, -0.15) is 0 Å². The molecule has 2 atom stereocenters. The molecule has 3 rings (SSSR count). The smallest absolute Gasteiger partial charge is 0.340 e. The first kappa shape index (κ1) is 16.4. The summed E-state index contributed by atoms with van der Waals surface area (Å²) in [5.74, 6) is -0.867. The first-order chi connectivity index (χ1) is 11.6. The standard InChI is InChI=1S/C17H20N2O5/c1-23-10-4-9-18-15(21)13-7-8-14(20)19(13)16-11-5-2-3-6-12(11)17(22)24-16/h2-3,5-6,13,16H,4,7-10H2,1H3,(H,18,21)/t13-,16-/m0/s1. The second-order valence-corrected chi connectivity index (χ2v) is 5.84. The molecule has 7 nitrogen and oxygen atoms in total. The normalized spacial score (nSPS) is 22.5. The summed E-state index contributed by atoms with van der Waals surface area (Å²) >= 11 is 0. The van der Waals surface area contributed by atoms with Gasteiger partial charge in [0.1, 0.15) is 6.04 Å². The Kier molecular flexibility index (Phi) is 4.80. The summed E-state index contributed by atoms with van der Waals surface area (Å²) in [6, 6.07) is 6.33. The number of fused-ring (bicyclic) bond motifs is 1. The highest BCUT2D eigenvalue weighted by Crippen LogP contribution is 2.38. The fourth-order valence-corrected chi connectivity index (χ4v) is 3.13. The van der Waals surface area contributed by atoms with E-state index in [-0.39, 0.29) is 18.2 Å². The van der Waals surface area contributed by atoms with Gasteiger partial charge in [-0.15, -0.1) is 0 Å². The quantitative estimate of drug-likeness (QED) is 0.620. The predicted octanol–water partition coefficient (Wildman–Crippen LogP) is 0.999. The van der Waals surface area contributed by atoms with Crippen molar-refractivity contribution < 1.29 is 23.9 Å². The van der Waals surface area contributed by atoms with E-state index in [1.807, 2.05) is 0 Å². The number of likely N-dealkylation sites (tertiary alicyclic amines) is 1. The Morgan fingerprint density at radius 3 is 2.96 bits per heavy atom. The average molecular weight is 332 g/mol. The Hall–Kier alpha value is -2.41. The molecule has 2 aliphatic heterocycles. The number of cyclic esters (lactones) is 1. The summed E-state index contributed by atoms with van der Waals surface area (Å²) in [6.07, 6.45) is 0.570. The van der Waals surface area contributed by atoms with Crippen molar-refractivity contribution in [3.63, 3.8) is 0 Å². The molecule has 0 radical (unpaired) electrons. The van der Waals surface area contributed by atoms with Gasteiger partial charge in [0.15, 0.2) is 0 Å². The summed E-state index contributed by atoms with van der Waals surface area (Å²) in [6.45, 7) is 1.04. The zero-order chi connectivity index (χ0) is 17.1. The van der Waals surface area contributed by atoms with Crippen LogP contribution >= 0.6 is 0 Å². The SMILES string of the molecule is COCCCNC(=O)[C@@H]1CCC(=O)N1[C@H]1OC(=O)c2ccccc21. The van der Waals surface area contributed by atoms with E-state index < -0.39 is 18.2 Å². The number of esters is 1. The highest BCUT2D eigenvalue weighted by molar-refractivity contribution is 5.96. The number of methoxy groups -OCH3 is 1. The number of nitrogens with one attached hydrogen (secondary N) is 1. The molecule has 7 heteroatoms. The summed E-state index contributed by atoms with van der Waals surface area (Å²) < 4.78 is 10.3. The van der Waals surface area contributed by atoms with Gasteiger partial charge in [0, 0.05) is 32.2 Å². The maximum absolute atomic E-state index is 12.4. The van der Waals surface area contributed by atoms with E-state index in [2.05, 4.69) is 5.32 Å². The lowest BCUT2D eigenvalue weighted by Crippen LogP contribution is -2.46. The third-order valence-corrected chi connectivity index (χ3v) is 4.30. The van der Waals surface area contributed by atoms with Crippen molar-refractivity contribution in [3.8, 4) is 0 Å². The van der Waals surface area contributed by atoms with Crippen LogP contribution in [0.15, 0.2) is 24.3 Å². The van der Waals surface area contributed by atoms with E-state index in [9.17, 15) is 14.4 Å². The van der Waals surface area contributed by atoms with Gasteiger partial charge in [-0.3, -0.25) is 14.5 Å². The van der Waals surface area contributed by atoms with Gasteiger partial charge >= 0.3 is 5.97 Å². The summed E-state index contributed by atoms with van der Waals surface area (Å²) in [7, 11) is 1.60. The van der Waals surface area contributed by atoms with Crippen LogP contribution in [0.4, 0.5) is 0 Å². The number of nitrogens with zero attached hydrogens (tertiary/aromatic N) is 1. The number of hydrogen-bond acceptors (Lipinski definition) is 5. The van der Waals surface area contributed by atoms with E-state index in [0.29, 0.717) is 37.1 Å². The number of carbonyl (C=O) groups is 3. The molecule has 0 bridgehead atoms. The summed E-state index contributed by atoms with van der Waals surface area (Å²) in [5, 5.41) is 2.82. The third kappa shape index (κ3) is 2.99. The van der Waals surface area contributed by atoms with Crippen molar-refractivity contribution in [1.82, 2.24) is 10.2 Å². The van der Waals surface area contributed by atoms with Crippen LogP contribution in [0.3, 0.4) is 0 Å². The fraction of sp³-hybridized carbons (Fsp3) is 0.471. The number of rotatable bonds is 6. The number of carbonyl (C=O) groups excluding carboxylic acids is 3. The largest absolute Gasteiger partial charge is 0.433 e. The minimum absolute atomic E-state index is 0.179. The molecule has 0 aliphatic carbocycles. The lowest BCUT2D eigenvalue weighted by atomic mass is 10.1. The van der Waals surface area contributed by atoms with Gasteiger partial charge in [0.05, 0.1) is 5.56 Å². The third-order valence-electron chi connectivity index (χ3n) is 4.30. The first-order valence-electron chi connectivity index (χ1n) is 8.01. The van der Waals surface area contributed by atoms with Gasteiger partial charge in [0.25, 0.3) is 0 Å². The zero-order valence-electron chi connectivity index (χ0n) is 13.5. The molecule has 2 aliphatic rings. The van der Waals surface area contributed by atoms with E-state index in [0.717, 1.165) is 0 Å². The second kappa shape index (κ2) is 7.00. The highest BCUT2D eigenvalue weighted by Gasteiger charge is 2.46. The van der Waals surface area contributed by atoms with Crippen LogP contribution in [0.1, 0.15) is 41.4 Å². The molecule has 0 unspecified atom stereocenters. The van der Waals surface area contributed by atoms with Crippen molar-refractivity contribution in [1.29, 1.82) is 0 Å². The van der Waals surface area contributed by atoms with Crippen LogP contribution in [0.25, 0.3) is 0 Å². The number of amides is 2. The predicted molar refractivity (Wildman–Crippen MR) is 84.0 cm³/mol. The van der Waals surface area contributed by atoms with Crippen molar-refractivity contribution in [2.75, 3.05) is 20.3 Å². The monoisotopic (exact) mass is 332 g/mol. The Morgan fingerprint density at radius 1 is 1.38 bits per heavy atom. The van der Waals surface area contributed by atoms with E-state index >= 15 is 0 Å². The van der Waals surface area contributed by atoms with Crippen LogP contribution in [-0.2, 0) is 19.1 Å². The number of benzene rings is 1. The van der Waals surface area contributed by atoms with Crippen molar-refractivity contribution in [2.45, 2.75) is 31.5 Å². The molecule has 1 N–H and O–H groups in total. The number of hydrogen-bond donors (Lipinski definition) is 1. The molecular weight excluding hydrogens is 312 g/mol. The average Bonchev–Trinajstić information content (AvgIpc) is 3.12. The molecule has 2 amide bonds. The van der Waals surface area contributed by atoms with Crippen LogP contribution in [-0.4, -0.2) is 49.0 Å². The second-order valence-electron chi connectivity index (χ2n) is 5.84. The molecule has 24 heavy (non-hydrogen) atoms. The van der Waals surface area contributed by atoms with E-state index in [1.54, 1.807) is 31.4 Å².